The van der Waals surface area contributed by atoms with Gasteiger partial charge in [0.25, 0.3) is 0 Å². The van der Waals surface area contributed by atoms with Crippen molar-refractivity contribution in [1.82, 2.24) is 0 Å². The third-order valence-corrected chi connectivity index (χ3v) is 2.38. The van der Waals surface area contributed by atoms with Gasteiger partial charge in [0, 0.05) is 17.3 Å². The van der Waals surface area contributed by atoms with Crippen LogP contribution >= 0.6 is 11.6 Å². The molecule has 1 aromatic rings. The van der Waals surface area contributed by atoms with Crippen LogP contribution in [0.3, 0.4) is 0 Å². The summed E-state index contributed by atoms with van der Waals surface area (Å²) in [6, 6.07) is 4.71. The number of benzene rings is 1. The van der Waals surface area contributed by atoms with Crippen LogP contribution in [-0.4, -0.2) is 19.3 Å². The molecular weight excluding hydrogens is 205 g/mol. The lowest BCUT2D eigenvalue weighted by molar-refractivity contribution is 0.195. The van der Waals surface area contributed by atoms with Gasteiger partial charge in [0.1, 0.15) is 5.82 Å². The second-order valence-electron chi connectivity index (χ2n) is 3.36. The number of rotatable bonds is 2. The molecule has 1 heterocycles. The Balaban J connectivity index is 2.07. The van der Waals surface area contributed by atoms with E-state index in [-0.39, 0.29) is 11.9 Å². The van der Waals surface area contributed by atoms with Crippen molar-refractivity contribution in [2.75, 3.05) is 18.5 Å². The molecule has 1 unspecified atom stereocenters. The first-order valence-corrected chi connectivity index (χ1v) is 4.92. The molecule has 76 valence electrons. The first-order valence-electron chi connectivity index (χ1n) is 4.54. The molecule has 1 fully saturated rings. The van der Waals surface area contributed by atoms with E-state index in [1.807, 2.05) is 0 Å². The Hall–Kier alpha value is -0.800. The van der Waals surface area contributed by atoms with Gasteiger partial charge < -0.3 is 10.1 Å². The molecule has 1 aliphatic rings. The second kappa shape index (κ2) is 4.15. The summed E-state index contributed by atoms with van der Waals surface area (Å²) in [6.07, 6.45) is 0.953. The van der Waals surface area contributed by atoms with Gasteiger partial charge >= 0.3 is 0 Å². The molecule has 1 atom stereocenters. The highest BCUT2D eigenvalue weighted by molar-refractivity contribution is 6.30. The molecule has 0 aromatic heterocycles. The van der Waals surface area contributed by atoms with Crippen LogP contribution in [0.1, 0.15) is 6.42 Å². The van der Waals surface area contributed by atoms with Gasteiger partial charge in [-0.1, -0.05) is 11.6 Å². The third kappa shape index (κ3) is 2.36. The van der Waals surface area contributed by atoms with Crippen LogP contribution in [0.5, 0.6) is 0 Å². The van der Waals surface area contributed by atoms with E-state index in [0.29, 0.717) is 17.3 Å². The molecule has 0 amide bonds. The van der Waals surface area contributed by atoms with E-state index >= 15 is 0 Å². The quantitative estimate of drug-likeness (QED) is 0.819. The summed E-state index contributed by atoms with van der Waals surface area (Å²) in [7, 11) is 0. The minimum atomic E-state index is -0.320. The van der Waals surface area contributed by atoms with Crippen LogP contribution in [0, 0.1) is 5.82 Å². The van der Waals surface area contributed by atoms with E-state index in [2.05, 4.69) is 5.32 Å². The Morgan fingerprint density at radius 2 is 2.29 bits per heavy atom. The first kappa shape index (κ1) is 9.74. The fourth-order valence-electron chi connectivity index (χ4n) is 1.52. The summed E-state index contributed by atoms with van der Waals surface area (Å²) in [5.41, 5.74) is 0.713. The molecule has 4 heteroatoms. The van der Waals surface area contributed by atoms with E-state index in [1.165, 1.54) is 12.1 Å². The molecule has 14 heavy (non-hydrogen) atoms. The maximum absolute atomic E-state index is 12.9. The number of anilines is 1. The standard InChI is InChI=1S/C10H11ClFNO/c11-7-3-8(12)5-10(4-7)13-9-1-2-14-6-9/h3-5,9,13H,1-2,6H2. The number of nitrogens with one attached hydrogen (secondary N) is 1. The minimum absolute atomic E-state index is 0.271. The molecule has 0 saturated carbocycles. The van der Waals surface area contributed by atoms with Gasteiger partial charge in [0.05, 0.1) is 12.6 Å². The zero-order valence-corrected chi connectivity index (χ0v) is 8.35. The van der Waals surface area contributed by atoms with Crippen molar-refractivity contribution in [2.45, 2.75) is 12.5 Å². The Bertz CT molecular complexity index is 306. The fourth-order valence-corrected chi connectivity index (χ4v) is 1.74. The molecule has 0 radical (unpaired) electrons. The van der Waals surface area contributed by atoms with Crippen LogP contribution in [0.4, 0.5) is 10.1 Å². The number of ether oxygens (including phenoxy) is 1. The summed E-state index contributed by atoms with van der Waals surface area (Å²) in [6.45, 7) is 1.44. The topological polar surface area (TPSA) is 21.3 Å². The molecule has 0 bridgehead atoms. The van der Waals surface area contributed by atoms with Crippen molar-refractivity contribution in [2.24, 2.45) is 0 Å². The van der Waals surface area contributed by atoms with Crippen molar-refractivity contribution in [3.05, 3.63) is 29.0 Å². The number of hydrogen-bond donors (Lipinski definition) is 1. The third-order valence-electron chi connectivity index (χ3n) is 2.16. The van der Waals surface area contributed by atoms with Crippen molar-refractivity contribution in [3.8, 4) is 0 Å². The molecule has 1 saturated heterocycles. The van der Waals surface area contributed by atoms with Crippen LogP contribution in [0.2, 0.25) is 5.02 Å². The minimum Gasteiger partial charge on any atom is -0.380 e. The van der Waals surface area contributed by atoms with Crippen LogP contribution in [0.25, 0.3) is 0 Å². The molecule has 1 aliphatic heterocycles. The molecule has 2 nitrogen and oxygen atoms in total. The van der Waals surface area contributed by atoms with Crippen LogP contribution in [0.15, 0.2) is 18.2 Å². The van der Waals surface area contributed by atoms with E-state index < -0.39 is 0 Å². The zero-order valence-electron chi connectivity index (χ0n) is 7.59. The lowest BCUT2D eigenvalue weighted by Gasteiger charge is -2.12. The monoisotopic (exact) mass is 215 g/mol. The predicted octanol–water partition coefficient (Wildman–Crippen LogP) is 2.68. The van der Waals surface area contributed by atoms with Gasteiger partial charge in [0.15, 0.2) is 0 Å². The van der Waals surface area contributed by atoms with Crippen LogP contribution in [-0.2, 0) is 4.74 Å². The van der Waals surface area contributed by atoms with Crippen molar-refractivity contribution < 1.29 is 9.13 Å². The smallest absolute Gasteiger partial charge is 0.126 e. The van der Waals surface area contributed by atoms with Crippen LogP contribution < -0.4 is 5.32 Å². The van der Waals surface area contributed by atoms with E-state index in [4.69, 9.17) is 16.3 Å². The molecular formula is C10H11ClFNO. The highest BCUT2D eigenvalue weighted by Crippen LogP contribution is 2.20. The molecule has 0 aliphatic carbocycles. The second-order valence-corrected chi connectivity index (χ2v) is 3.80. The van der Waals surface area contributed by atoms with Crippen molar-refractivity contribution in [1.29, 1.82) is 0 Å². The van der Waals surface area contributed by atoms with Gasteiger partial charge in [-0.15, -0.1) is 0 Å². The lowest BCUT2D eigenvalue weighted by Crippen LogP contribution is -2.18. The average Bonchev–Trinajstić information content (AvgIpc) is 2.54. The molecule has 0 spiro atoms. The highest BCUT2D eigenvalue weighted by Gasteiger charge is 2.15. The van der Waals surface area contributed by atoms with E-state index in [1.54, 1.807) is 6.07 Å². The van der Waals surface area contributed by atoms with Gasteiger partial charge in [-0.3, -0.25) is 0 Å². The Morgan fingerprint density at radius 3 is 2.93 bits per heavy atom. The van der Waals surface area contributed by atoms with Gasteiger partial charge in [-0.05, 0) is 24.6 Å². The highest BCUT2D eigenvalue weighted by atomic mass is 35.5. The van der Waals surface area contributed by atoms with Gasteiger partial charge in [0.2, 0.25) is 0 Å². The average molecular weight is 216 g/mol. The summed E-state index contributed by atoms with van der Waals surface area (Å²) < 4.78 is 18.1. The molecule has 1 N–H and O–H groups in total. The Morgan fingerprint density at radius 1 is 1.43 bits per heavy atom. The summed E-state index contributed by atoms with van der Waals surface area (Å²) in [5.74, 6) is -0.320. The number of halogens is 2. The van der Waals surface area contributed by atoms with E-state index in [9.17, 15) is 4.39 Å². The normalized spacial score (nSPS) is 21.1. The Kier molecular flexibility index (Phi) is 2.89. The summed E-state index contributed by atoms with van der Waals surface area (Å²) >= 11 is 5.72. The first-order chi connectivity index (χ1) is 6.74. The van der Waals surface area contributed by atoms with Gasteiger partial charge in [-0.2, -0.15) is 0 Å². The van der Waals surface area contributed by atoms with Crippen molar-refractivity contribution >= 4 is 17.3 Å². The largest absolute Gasteiger partial charge is 0.380 e. The molecule has 2 rings (SSSR count). The maximum atomic E-state index is 12.9. The summed E-state index contributed by atoms with van der Waals surface area (Å²) in [4.78, 5) is 0. The SMILES string of the molecule is Fc1cc(Cl)cc(NC2CCOC2)c1. The Labute approximate surface area is 87.0 Å². The number of hydrogen-bond acceptors (Lipinski definition) is 2. The lowest BCUT2D eigenvalue weighted by atomic mass is 10.2. The fraction of sp³-hybridized carbons (Fsp3) is 0.400. The zero-order chi connectivity index (χ0) is 9.97. The van der Waals surface area contributed by atoms with Gasteiger partial charge in [-0.25, -0.2) is 4.39 Å². The molecule has 1 aromatic carbocycles. The van der Waals surface area contributed by atoms with Crippen molar-refractivity contribution in [3.63, 3.8) is 0 Å². The maximum Gasteiger partial charge on any atom is 0.126 e. The summed E-state index contributed by atoms with van der Waals surface area (Å²) in [5, 5.41) is 3.58. The predicted molar refractivity (Wildman–Crippen MR) is 54.3 cm³/mol. The van der Waals surface area contributed by atoms with E-state index in [0.717, 1.165) is 13.0 Å².